The van der Waals surface area contributed by atoms with Crippen LogP contribution in [0.2, 0.25) is 0 Å². The Kier molecular flexibility index (Phi) is 1.85. The Morgan fingerprint density at radius 3 is 2.44 bits per heavy atom. The predicted octanol–water partition coefficient (Wildman–Crippen LogP) is 2.37. The van der Waals surface area contributed by atoms with Gasteiger partial charge in [0.05, 0.1) is 6.54 Å². The van der Waals surface area contributed by atoms with Gasteiger partial charge in [0.1, 0.15) is 0 Å². The number of aromatic nitrogens is 4. The molecule has 0 atom stereocenters. The molecule has 0 aliphatic carbocycles. The van der Waals surface area contributed by atoms with Gasteiger partial charge in [-0.2, -0.15) is 0 Å². The van der Waals surface area contributed by atoms with Crippen LogP contribution in [0, 0.1) is 0 Å². The normalized spacial score (nSPS) is 12.2. The van der Waals surface area contributed by atoms with Gasteiger partial charge in [0.15, 0.2) is 5.82 Å². The molecule has 86 valence electrons. The van der Waals surface area contributed by atoms with Gasteiger partial charge < -0.3 is 0 Å². The summed E-state index contributed by atoms with van der Waals surface area (Å²) in [6, 6.07) is 16.7. The van der Waals surface area contributed by atoms with Gasteiger partial charge in [-0.1, -0.05) is 48.5 Å². The molecular formula is C14H10N4. The second-order valence-electron chi connectivity index (χ2n) is 4.36. The average Bonchev–Trinajstić information content (AvgIpc) is 2.83. The van der Waals surface area contributed by atoms with E-state index in [1.54, 1.807) is 0 Å². The molecule has 0 radical (unpaired) electrons. The Labute approximate surface area is 104 Å². The second-order valence-corrected chi connectivity index (χ2v) is 4.36. The lowest BCUT2D eigenvalue weighted by atomic mass is 9.96. The average molecular weight is 234 g/mol. The van der Waals surface area contributed by atoms with Gasteiger partial charge in [-0.3, -0.25) is 0 Å². The van der Waals surface area contributed by atoms with Crippen LogP contribution < -0.4 is 0 Å². The molecule has 0 saturated carbocycles. The fraction of sp³-hybridized carbons (Fsp3) is 0.0714. The molecule has 2 aromatic carbocycles. The highest BCUT2D eigenvalue weighted by molar-refractivity contribution is 5.83. The molecule has 4 nitrogen and oxygen atoms in total. The predicted molar refractivity (Wildman–Crippen MR) is 67.8 cm³/mol. The highest BCUT2D eigenvalue weighted by atomic mass is 15.5. The quantitative estimate of drug-likeness (QED) is 0.469. The van der Waals surface area contributed by atoms with Crippen molar-refractivity contribution in [3.63, 3.8) is 0 Å². The SMILES string of the molecule is c1ccc2c(c1)Cn1nnnc1-c1ccccc1-2. The fourth-order valence-electron chi connectivity index (χ4n) is 2.50. The third-order valence-corrected chi connectivity index (χ3v) is 3.33. The largest absolute Gasteiger partial charge is 0.221 e. The monoisotopic (exact) mass is 234 g/mol. The zero-order valence-electron chi connectivity index (χ0n) is 9.61. The van der Waals surface area contributed by atoms with Crippen molar-refractivity contribution in [2.45, 2.75) is 6.54 Å². The Hall–Kier alpha value is -2.49. The van der Waals surface area contributed by atoms with Crippen LogP contribution in [0.3, 0.4) is 0 Å². The molecule has 4 heteroatoms. The zero-order valence-corrected chi connectivity index (χ0v) is 9.61. The van der Waals surface area contributed by atoms with Crippen LogP contribution in [0.4, 0.5) is 0 Å². The summed E-state index contributed by atoms with van der Waals surface area (Å²) in [5.74, 6) is 0.835. The Morgan fingerprint density at radius 1 is 0.833 bits per heavy atom. The molecule has 1 aromatic heterocycles. The molecule has 0 fully saturated rings. The lowest BCUT2D eigenvalue weighted by molar-refractivity contribution is 0.656. The molecule has 0 N–H and O–H groups in total. The summed E-state index contributed by atoms with van der Waals surface area (Å²) in [5, 5.41) is 12.0. The molecule has 0 bridgehead atoms. The number of nitrogens with zero attached hydrogens (tertiary/aromatic N) is 4. The van der Waals surface area contributed by atoms with Crippen LogP contribution in [0.25, 0.3) is 22.5 Å². The molecule has 0 amide bonds. The Morgan fingerprint density at radius 2 is 1.56 bits per heavy atom. The van der Waals surface area contributed by atoms with E-state index >= 15 is 0 Å². The first-order valence-corrected chi connectivity index (χ1v) is 5.87. The van der Waals surface area contributed by atoms with Crippen molar-refractivity contribution in [2.24, 2.45) is 0 Å². The maximum atomic E-state index is 4.14. The highest BCUT2D eigenvalue weighted by Gasteiger charge is 2.20. The standard InChI is InChI=1S/C14H10N4/c1-2-6-11-10(5-1)9-18-14(15-16-17-18)13-8-4-3-7-12(11)13/h1-8H,9H2. The molecule has 1 aliphatic rings. The van der Waals surface area contributed by atoms with Crippen molar-refractivity contribution in [3.05, 3.63) is 54.1 Å². The molecular weight excluding hydrogens is 224 g/mol. The van der Waals surface area contributed by atoms with Crippen LogP contribution in [-0.2, 0) is 6.54 Å². The molecule has 2 heterocycles. The van der Waals surface area contributed by atoms with Crippen molar-refractivity contribution >= 4 is 0 Å². The van der Waals surface area contributed by atoms with E-state index in [4.69, 9.17) is 0 Å². The zero-order chi connectivity index (χ0) is 11.9. The number of rotatable bonds is 0. The van der Waals surface area contributed by atoms with Gasteiger partial charge in [0.2, 0.25) is 0 Å². The highest BCUT2D eigenvalue weighted by Crippen LogP contribution is 2.35. The summed E-state index contributed by atoms with van der Waals surface area (Å²) in [4.78, 5) is 0. The maximum Gasteiger partial charge on any atom is 0.182 e. The van der Waals surface area contributed by atoms with Gasteiger partial charge in [-0.05, 0) is 27.1 Å². The van der Waals surface area contributed by atoms with Crippen LogP contribution in [0.1, 0.15) is 5.56 Å². The van der Waals surface area contributed by atoms with Gasteiger partial charge in [-0.25, -0.2) is 4.68 Å². The van der Waals surface area contributed by atoms with E-state index < -0.39 is 0 Å². The van der Waals surface area contributed by atoms with Gasteiger partial charge in [-0.15, -0.1) is 5.10 Å². The summed E-state index contributed by atoms with van der Waals surface area (Å²) in [6.07, 6.45) is 0. The van der Waals surface area contributed by atoms with Crippen molar-refractivity contribution < 1.29 is 0 Å². The van der Waals surface area contributed by atoms with Gasteiger partial charge >= 0.3 is 0 Å². The Balaban J connectivity index is 2.13. The summed E-state index contributed by atoms with van der Waals surface area (Å²) in [7, 11) is 0. The van der Waals surface area contributed by atoms with Crippen LogP contribution in [0.5, 0.6) is 0 Å². The number of tetrazole rings is 1. The minimum absolute atomic E-state index is 0.715. The summed E-state index contributed by atoms with van der Waals surface area (Å²) < 4.78 is 1.85. The number of benzene rings is 2. The van der Waals surface area contributed by atoms with E-state index in [9.17, 15) is 0 Å². The van der Waals surface area contributed by atoms with Gasteiger partial charge in [0.25, 0.3) is 0 Å². The number of hydrogen-bond acceptors (Lipinski definition) is 3. The smallest absolute Gasteiger partial charge is 0.182 e. The van der Waals surface area contributed by atoms with Gasteiger partial charge in [0, 0.05) is 5.56 Å². The van der Waals surface area contributed by atoms with E-state index in [1.165, 1.54) is 16.7 Å². The number of fused-ring (bicyclic) bond motifs is 5. The number of hydrogen-bond donors (Lipinski definition) is 0. The molecule has 0 unspecified atom stereocenters. The van der Waals surface area contributed by atoms with Crippen LogP contribution >= 0.6 is 0 Å². The summed E-state index contributed by atoms with van der Waals surface area (Å²) >= 11 is 0. The first kappa shape index (κ1) is 9.53. The lowest BCUT2D eigenvalue weighted by Crippen LogP contribution is -2.02. The third kappa shape index (κ3) is 1.23. The topological polar surface area (TPSA) is 43.6 Å². The molecule has 1 aliphatic heterocycles. The van der Waals surface area contributed by atoms with E-state index in [-0.39, 0.29) is 0 Å². The van der Waals surface area contributed by atoms with E-state index in [0.29, 0.717) is 6.54 Å². The second kappa shape index (κ2) is 3.50. The third-order valence-electron chi connectivity index (χ3n) is 3.33. The first-order valence-electron chi connectivity index (χ1n) is 5.87. The van der Waals surface area contributed by atoms with Crippen molar-refractivity contribution in [1.82, 2.24) is 20.2 Å². The minimum atomic E-state index is 0.715. The van der Waals surface area contributed by atoms with E-state index in [1.807, 2.05) is 10.7 Å². The fourth-order valence-corrected chi connectivity index (χ4v) is 2.50. The first-order chi connectivity index (χ1) is 8.93. The maximum absolute atomic E-state index is 4.14. The molecule has 0 spiro atoms. The molecule has 0 saturated heterocycles. The molecule has 18 heavy (non-hydrogen) atoms. The minimum Gasteiger partial charge on any atom is -0.221 e. The van der Waals surface area contributed by atoms with E-state index in [0.717, 1.165) is 11.4 Å². The van der Waals surface area contributed by atoms with Crippen molar-refractivity contribution in [3.8, 4) is 22.5 Å². The lowest BCUT2D eigenvalue weighted by Gasteiger charge is -2.07. The van der Waals surface area contributed by atoms with Crippen LogP contribution in [-0.4, -0.2) is 20.2 Å². The van der Waals surface area contributed by atoms with Crippen molar-refractivity contribution in [2.75, 3.05) is 0 Å². The summed E-state index contributed by atoms with van der Waals surface area (Å²) in [6.45, 7) is 0.715. The molecule has 4 rings (SSSR count). The summed E-state index contributed by atoms with van der Waals surface area (Å²) in [5.41, 5.74) is 4.78. The molecule has 3 aromatic rings. The van der Waals surface area contributed by atoms with Crippen molar-refractivity contribution in [1.29, 1.82) is 0 Å². The Bertz CT molecular complexity index is 730. The van der Waals surface area contributed by atoms with Crippen LogP contribution in [0.15, 0.2) is 48.5 Å². The van der Waals surface area contributed by atoms with E-state index in [2.05, 4.69) is 58.0 Å².